The van der Waals surface area contributed by atoms with E-state index in [9.17, 15) is 14.4 Å². The predicted molar refractivity (Wildman–Crippen MR) is 58.1 cm³/mol. The largest absolute Gasteiger partial charge is 0.381 e. The van der Waals surface area contributed by atoms with Crippen molar-refractivity contribution in [3.8, 4) is 0 Å². The standard InChI is InChI=1S/C11H16N2O4/c1-7-11(16)12-10(15)5-13(7)4-9(14)8-2-3-17-6-8/h7-8H,2-6H2,1H3,(H,12,15,16). The fourth-order valence-electron chi connectivity index (χ4n) is 2.08. The molecule has 0 aromatic rings. The maximum Gasteiger partial charge on any atom is 0.243 e. The van der Waals surface area contributed by atoms with E-state index >= 15 is 0 Å². The summed E-state index contributed by atoms with van der Waals surface area (Å²) in [5.41, 5.74) is 0. The Morgan fingerprint density at radius 2 is 2.29 bits per heavy atom. The zero-order valence-electron chi connectivity index (χ0n) is 9.77. The second-order valence-corrected chi connectivity index (χ2v) is 4.52. The molecule has 2 atom stereocenters. The number of hydrogen-bond donors (Lipinski definition) is 1. The molecule has 0 bridgehead atoms. The maximum atomic E-state index is 11.9. The fourth-order valence-corrected chi connectivity index (χ4v) is 2.08. The molecule has 6 nitrogen and oxygen atoms in total. The number of ether oxygens (including phenoxy) is 1. The Balaban J connectivity index is 1.94. The molecule has 6 heteroatoms. The lowest BCUT2D eigenvalue weighted by molar-refractivity contribution is -0.140. The van der Waals surface area contributed by atoms with E-state index < -0.39 is 6.04 Å². The third kappa shape index (κ3) is 2.70. The van der Waals surface area contributed by atoms with Crippen LogP contribution in [-0.4, -0.2) is 54.8 Å². The van der Waals surface area contributed by atoms with Crippen LogP contribution in [0.25, 0.3) is 0 Å². The molecule has 2 aliphatic rings. The second-order valence-electron chi connectivity index (χ2n) is 4.52. The second kappa shape index (κ2) is 4.93. The third-order valence-electron chi connectivity index (χ3n) is 3.28. The first-order valence-electron chi connectivity index (χ1n) is 5.76. The first-order chi connectivity index (χ1) is 8.08. The van der Waals surface area contributed by atoms with Gasteiger partial charge in [-0.3, -0.25) is 24.6 Å². The van der Waals surface area contributed by atoms with Gasteiger partial charge in [0.05, 0.1) is 25.7 Å². The van der Waals surface area contributed by atoms with Crippen molar-refractivity contribution in [3.05, 3.63) is 0 Å². The summed E-state index contributed by atoms with van der Waals surface area (Å²) in [6.45, 7) is 3.02. The topological polar surface area (TPSA) is 75.7 Å². The van der Waals surface area contributed by atoms with Crippen LogP contribution in [0.2, 0.25) is 0 Å². The van der Waals surface area contributed by atoms with E-state index in [0.29, 0.717) is 13.2 Å². The molecule has 2 unspecified atom stereocenters. The van der Waals surface area contributed by atoms with Gasteiger partial charge in [0.1, 0.15) is 0 Å². The summed E-state index contributed by atoms with van der Waals surface area (Å²) in [6.07, 6.45) is 0.737. The van der Waals surface area contributed by atoms with Gasteiger partial charge in [-0.1, -0.05) is 0 Å². The molecule has 0 spiro atoms. The van der Waals surface area contributed by atoms with Gasteiger partial charge in [0.2, 0.25) is 11.8 Å². The van der Waals surface area contributed by atoms with Crippen molar-refractivity contribution in [2.75, 3.05) is 26.3 Å². The monoisotopic (exact) mass is 240 g/mol. The number of hydrogen-bond acceptors (Lipinski definition) is 5. The molecule has 2 aliphatic heterocycles. The Bertz CT molecular complexity index is 349. The molecule has 2 fully saturated rings. The van der Waals surface area contributed by atoms with Crippen LogP contribution in [-0.2, 0) is 19.1 Å². The minimum absolute atomic E-state index is 0.0526. The summed E-state index contributed by atoms with van der Waals surface area (Å²) in [7, 11) is 0. The maximum absolute atomic E-state index is 11.9. The van der Waals surface area contributed by atoms with Gasteiger partial charge in [-0.25, -0.2) is 0 Å². The molecule has 0 radical (unpaired) electrons. The third-order valence-corrected chi connectivity index (χ3v) is 3.28. The average molecular weight is 240 g/mol. The van der Waals surface area contributed by atoms with Crippen LogP contribution in [0.3, 0.4) is 0 Å². The zero-order valence-corrected chi connectivity index (χ0v) is 9.77. The molecule has 2 amide bonds. The van der Waals surface area contributed by atoms with Crippen molar-refractivity contribution < 1.29 is 19.1 Å². The summed E-state index contributed by atoms with van der Waals surface area (Å²) in [5.74, 6) is -0.709. The number of piperazine rings is 1. The minimum Gasteiger partial charge on any atom is -0.381 e. The molecule has 2 rings (SSSR count). The first kappa shape index (κ1) is 12.2. The number of ketones is 1. The predicted octanol–water partition coefficient (Wildman–Crippen LogP) is -1.06. The number of imide groups is 1. The van der Waals surface area contributed by atoms with E-state index in [2.05, 4.69) is 5.32 Å². The van der Waals surface area contributed by atoms with E-state index in [0.717, 1.165) is 6.42 Å². The molecular formula is C11H16N2O4. The smallest absolute Gasteiger partial charge is 0.243 e. The lowest BCUT2D eigenvalue weighted by atomic mass is 10.0. The highest BCUT2D eigenvalue weighted by Gasteiger charge is 2.33. The number of nitrogens with zero attached hydrogens (tertiary/aromatic N) is 1. The zero-order chi connectivity index (χ0) is 12.4. The van der Waals surface area contributed by atoms with Crippen LogP contribution in [0.5, 0.6) is 0 Å². The Morgan fingerprint density at radius 1 is 1.53 bits per heavy atom. The van der Waals surface area contributed by atoms with E-state index in [1.807, 2.05) is 0 Å². The number of carbonyl (C=O) groups excluding carboxylic acids is 3. The molecule has 17 heavy (non-hydrogen) atoms. The Morgan fingerprint density at radius 3 is 2.94 bits per heavy atom. The summed E-state index contributed by atoms with van der Waals surface area (Å²) >= 11 is 0. The van der Waals surface area contributed by atoms with Crippen molar-refractivity contribution in [3.63, 3.8) is 0 Å². The van der Waals surface area contributed by atoms with Gasteiger partial charge >= 0.3 is 0 Å². The minimum atomic E-state index is -0.432. The van der Waals surface area contributed by atoms with Gasteiger partial charge < -0.3 is 4.74 Å². The van der Waals surface area contributed by atoms with Crippen LogP contribution < -0.4 is 5.32 Å². The van der Waals surface area contributed by atoms with Crippen LogP contribution in [0, 0.1) is 5.92 Å². The highest BCUT2D eigenvalue weighted by Crippen LogP contribution is 2.15. The summed E-state index contributed by atoms with van der Waals surface area (Å²) in [5, 5.41) is 2.25. The molecule has 0 aliphatic carbocycles. The quantitative estimate of drug-likeness (QED) is 0.636. The van der Waals surface area contributed by atoms with Crippen LogP contribution >= 0.6 is 0 Å². The van der Waals surface area contributed by atoms with Crippen molar-refractivity contribution in [1.82, 2.24) is 10.2 Å². The van der Waals surface area contributed by atoms with Gasteiger partial charge in [-0.15, -0.1) is 0 Å². The Hall–Kier alpha value is -1.27. The molecule has 1 N–H and O–H groups in total. The van der Waals surface area contributed by atoms with Crippen molar-refractivity contribution in [1.29, 1.82) is 0 Å². The molecule has 0 saturated carbocycles. The van der Waals surface area contributed by atoms with Crippen LogP contribution in [0.1, 0.15) is 13.3 Å². The van der Waals surface area contributed by atoms with E-state index in [-0.39, 0.29) is 36.6 Å². The van der Waals surface area contributed by atoms with Crippen molar-refractivity contribution >= 4 is 17.6 Å². The van der Waals surface area contributed by atoms with Gasteiger partial charge in [0, 0.05) is 12.5 Å². The summed E-state index contributed by atoms with van der Waals surface area (Å²) in [6, 6.07) is -0.432. The highest BCUT2D eigenvalue weighted by atomic mass is 16.5. The lowest BCUT2D eigenvalue weighted by Crippen LogP contribution is -2.58. The van der Waals surface area contributed by atoms with Crippen molar-refractivity contribution in [2.45, 2.75) is 19.4 Å². The van der Waals surface area contributed by atoms with Crippen LogP contribution in [0.15, 0.2) is 0 Å². The van der Waals surface area contributed by atoms with E-state index in [1.54, 1.807) is 11.8 Å². The Labute approximate surface area is 99.3 Å². The fraction of sp³-hybridized carbons (Fsp3) is 0.727. The SMILES string of the molecule is CC1C(=O)NC(=O)CN1CC(=O)C1CCOC1. The normalized spacial score (nSPS) is 30.4. The summed E-state index contributed by atoms with van der Waals surface area (Å²) < 4.78 is 5.15. The van der Waals surface area contributed by atoms with Gasteiger partial charge in [0.25, 0.3) is 0 Å². The molecule has 2 saturated heterocycles. The highest BCUT2D eigenvalue weighted by molar-refractivity contribution is 6.01. The molecule has 2 heterocycles. The number of Topliss-reactive ketones (excluding diaryl/α,β-unsaturated/α-hetero) is 1. The number of rotatable bonds is 3. The number of carbonyl (C=O) groups is 3. The molecule has 94 valence electrons. The molecule has 0 aromatic heterocycles. The first-order valence-corrected chi connectivity index (χ1v) is 5.76. The van der Waals surface area contributed by atoms with E-state index in [4.69, 9.17) is 4.74 Å². The lowest BCUT2D eigenvalue weighted by Gasteiger charge is -2.31. The van der Waals surface area contributed by atoms with Crippen molar-refractivity contribution in [2.24, 2.45) is 5.92 Å². The summed E-state index contributed by atoms with van der Waals surface area (Å²) in [4.78, 5) is 36.2. The van der Waals surface area contributed by atoms with Gasteiger partial charge in [-0.05, 0) is 13.3 Å². The molecular weight excluding hydrogens is 224 g/mol. The molecule has 0 aromatic carbocycles. The average Bonchev–Trinajstić information content (AvgIpc) is 2.78. The number of nitrogens with one attached hydrogen (secondary N) is 1. The Kier molecular flexibility index (Phi) is 3.54. The van der Waals surface area contributed by atoms with Crippen LogP contribution in [0.4, 0.5) is 0 Å². The van der Waals surface area contributed by atoms with E-state index in [1.165, 1.54) is 0 Å². The van der Waals surface area contributed by atoms with Gasteiger partial charge in [-0.2, -0.15) is 0 Å². The number of amides is 2. The van der Waals surface area contributed by atoms with Gasteiger partial charge in [0.15, 0.2) is 5.78 Å².